The number of hydrogen-bond donors (Lipinski definition) is 0. The second kappa shape index (κ2) is 4.89. The van der Waals surface area contributed by atoms with Crippen molar-refractivity contribution in [3.05, 3.63) is 53.2 Å². The molecule has 0 aliphatic rings. The van der Waals surface area contributed by atoms with Crippen molar-refractivity contribution in [3.8, 4) is 6.07 Å². The molecule has 2 rings (SSSR count). The maximum absolute atomic E-state index is 8.87. The number of benzene rings is 1. The number of rotatable bonds is 2. The molecule has 0 saturated carbocycles. The lowest BCUT2D eigenvalue weighted by Gasteiger charge is -2.19. The number of nitrogens with zero attached hydrogens (tertiary/aromatic N) is 3. The molecule has 0 spiro atoms. The molecule has 0 fully saturated rings. The Kier molecular flexibility index (Phi) is 3.29. The van der Waals surface area contributed by atoms with Gasteiger partial charge in [0.2, 0.25) is 0 Å². The molecule has 0 aliphatic carbocycles. The van der Waals surface area contributed by atoms with Crippen molar-refractivity contribution < 1.29 is 0 Å². The first-order chi connectivity index (χ1) is 8.60. The van der Waals surface area contributed by atoms with Crippen LogP contribution in [0.15, 0.2) is 36.4 Å². The average molecular weight is 237 g/mol. The number of nitriles is 1. The van der Waals surface area contributed by atoms with Gasteiger partial charge in [0.25, 0.3) is 0 Å². The van der Waals surface area contributed by atoms with Gasteiger partial charge in [0, 0.05) is 12.7 Å². The highest BCUT2D eigenvalue weighted by Crippen LogP contribution is 2.24. The normalized spacial score (nSPS) is 9.89. The van der Waals surface area contributed by atoms with Crippen molar-refractivity contribution >= 4 is 11.5 Å². The van der Waals surface area contributed by atoms with E-state index in [2.05, 4.69) is 43.1 Å². The van der Waals surface area contributed by atoms with E-state index in [0.29, 0.717) is 5.69 Å². The molecule has 1 aromatic heterocycles. The van der Waals surface area contributed by atoms with Crippen molar-refractivity contribution in [2.75, 3.05) is 11.9 Å². The highest BCUT2D eigenvalue weighted by atomic mass is 15.2. The van der Waals surface area contributed by atoms with E-state index >= 15 is 0 Å². The molecule has 1 heterocycles. The van der Waals surface area contributed by atoms with Crippen molar-refractivity contribution in [2.45, 2.75) is 13.8 Å². The summed E-state index contributed by atoms with van der Waals surface area (Å²) in [5, 5.41) is 8.87. The molecule has 0 amide bonds. The van der Waals surface area contributed by atoms with Crippen LogP contribution < -0.4 is 4.90 Å². The van der Waals surface area contributed by atoms with Crippen molar-refractivity contribution in [1.82, 2.24) is 4.98 Å². The monoisotopic (exact) mass is 237 g/mol. The highest BCUT2D eigenvalue weighted by Gasteiger charge is 2.07. The standard InChI is InChI=1S/C15H15N3/c1-11-7-12(2)9-14(8-11)18(3)15-6-4-5-13(10-16)17-15/h4-9H,1-3H3. The van der Waals surface area contributed by atoms with Gasteiger partial charge in [-0.1, -0.05) is 12.1 Å². The quantitative estimate of drug-likeness (QED) is 0.804. The molecule has 1 aromatic carbocycles. The predicted molar refractivity (Wildman–Crippen MR) is 72.9 cm³/mol. The fourth-order valence-electron chi connectivity index (χ4n) is 1.95. The smallest absolute Gasteiger partial charge is 0.142 e. The lowest BCUT2D eigenvalue weighted by atomic mass is 10.1. The zero-order valence-electron chi connectivity index (χ0n) is 10.8. The van der Waals surface area contributed by atoms with Gasteiger partial charge in [0.05, 0.1) is 0 Å². The van der Waals surface area contributed by atoms with Gasteiger partial charge >= 0.3 is 0 Å². The van der Waals surface area contributed by atoms with Crippen molar-refractivity contribution in [3.63, 3.8) is 0 Å². The number of hydrogen-bond acceptors (Lipinski definition) is 3. The first kappa shape index (κ1) is 12.1. The number of aromatic nitrogens is 1. The molecule has 18 heavy (non-hydrogen) atoms. The maximum Gasteiger partial charge on any atom is 0.142 e. The minimum Gasteiger partial charge on any atom is -0.329 e. The lowest BCUT2D eigenvalue weighted by molar-refractivity contribution is 1.11. The molecule has 90 valence electrons. The molecule has 0 aliphatic heterocycles. The molecule has 3 nitrogen and oxygen atoms in total. The Morgan fingerprint density at radius 3 is 2.39 bits per heavy atom. The maximum atomic E-state index is 8.87. The van der Waals surface area contributed by atoms with E-state index in [0.717, 1.165) is 11.5 Å². The average Bonchev–Trinajstić information content (AvgIpc) is 2.37. The molecule has 0 atom stereocenters. The topological polar surface area (TPSA) is 39.9 Å². The van der Waals surface area contributed by atoms with Gasteiger partial charge in [-0.05, 0) is 49.2 Å². The van der Waals surface area contributed by atoms with Crippen LogP contribution in [-0.2, 0) is 0 Å². The van der Waals surface area contributed by atoms with Crippen LogP contribution in [0.1, 0.15) is 16.8 Å². The van der Waals surface area contributed by atoms with Crippen LogP contribution in [0.5, 0.6) is 0 Å². The van der Waals surface area contributed by atoms with Gasteiger partial charge in [0.15, 0.2) is 0 Å². The molecular weight excluding hydrogens is 222 g/mol. The summed E-state index contributed by atoms with van der Waals surface area (Å²) in [7, 11) is 1.96. The largest absolute Gasteiger partial charge is 0.329 e. The minimum atomic E-state index is 0.434. The molecule has 2 aromatic rings. The Morgan fingerprint density at radius 1 is 1.11 bits per heavy atom. The van der Waals surface area contributed by atoms with Crippen LogP contribution in [0.2, 0.25) is 0 Å². The Bertz CT molecular complexity index is 591. The summed E-state index contributed by atoms with van der Waals surface area (Å²) < 4.78 is 0. The third-order valence-corrected chi connectivity index (χ3v) is 2.79. The second-order valence-electron chi connectivity index (χ2n) is 4.40. The van der Waals surface area contributed by atoms with Crippen LogP contribution in [0.25, 0.3) is 0 Å². The highest BCUT2D eigenvalue weighted by molar-refractivity contribution is 5.61. The molecule has 0 N–H and O–H groups in total. The predicted octanol–water partition coefficient (Wildman–Crippen LogP) is 3.34. The van der Waals surface area contributed by atoms with E-state index in [1.54, 1.807) is 6.07 Å². The summed E-state index contributed by atoms with van der Waals surface area (Å²) in [6, 6.07) is 13.9. The van der Waals surface area contributed by atoms with Gasteiger partial charge < -0.3 is 4.90 Å². The second-order valence-corrected chi connectivity index (χ2v) is 4.40. The van der Waals surface area contributed by atoms with E-state index in [9.17, 15) is 0 Å². The summed E-state index contributed by atoms with van der Waals surface area (Å²) in [6.45, 7) is 4.15. The zero-order valence-corrected chi connectivity index (χ0v) is 10.8. The molecule has 3 heteroatoms. The number of pyridine rings is 1. The van der Waals surface area contributed by atoms with E-state index in [1.165, 1.54) is 11.1 Å². The molecule has 0 bridgehead atoms. The summed E-state index contributed by atoms with van der Waals surface area (Å²) in [6.07, 6.45) is 0. The fourth-order valence-corrected chi connectivity index (χ4v) is 1.95. The number of aryl methyl sites for hydroxylation is 2. The van der Waals surface area contributed by atoms with Crippen molar-refractivity contribution in [1.29, 1.82) is 5.26 Å². The van der Waals surface area contributed by atoms with Gasteiger partial charge in [-0.2, -0.15) is 5.26 Å². The summed E-state index contributed by atoms with van der Waals surface area (Å²) in [4.78, 5) is 6.28. The minimum absolute atomic E-state index is 0.434. The van der Waals surface area contributed by atoms with E-state index in [4.69, 9.17) is 5.26 Å². The van der Waals surface area contributed by atoms with Crippen LogP contribution in [0, 0.1) is 25.2 Å². The Hall–Kier alpha value is -2.34. The van der Waals surface area contributed by atoms with Gasteiger partial charge in [-0.25, -0.2) is 4.98 Å². The van der Waals surface area contributed by atoms with Gasteiger partial charge in [-0.15, -0.1) is 0 Å². The van der Waals surface area contributed by atoms with Crippen LogP contribution in [-0.4, -0.2) is 12.0 Å². The first-order valence-corrected chi connectivity index (χ1v) is 5.79. The third kappa shape index (κ3) is 2.49. The van der Waals surface area contributed by atoms with Crippen LogP contribution >= 0.6 is 0 Å². The van der Waals surface area contributed by atoms with Crippen LogP contribution in [0.4, 0.5) is 11.5 Å². The van der Waals surface area contributed by atoms with E-state index in [-0.39, 0.29) is 0 Å². The SMILES string of the molecule is Cc1cc(C)cc(N(C)c2cccc(C#N)n2)c1. The zero-order chi connectivity index (χ0) is 13.1. The Labute approximate surface area is 107 Å². The summed E-state index contributed by atoms with van der Waals surface area (Å²) in [5.41, 5.74) is 3.94. The summed E-state index contributed by atoms with van der Waals surface area (Å²) >= 11 is 0. The van der Waals surface area contributed by atoms with Gasteiger partial charge in [0.1, 0.15) is 17.6 Å². The van der Waals surface area contributed by atoms with E-state index < -0.39 is 0 Å². The molecule has 0 unspecified atom stereocenters. The Morgan fingerprint density at radius 2 is 1.78 bits per heavy atom. The van der Waals surface area contributed by atoms with Crippen LogP contribution in [0.3, 0.4) is 0 Å². The van der Waals surface area contributed by atoms with E-state index in [1.807, 2.05) is 24.1 Å². The summed E-state index contributed by atoms with van der Waals surface area (Å²) in [5.74, 6) is 0.777. The Balaban J connectivity index is 2.41. The lowest BCUT2D eigenvalue weighted by Crippen LogP contribution is -2.11. The van der Waals surface area contributed by atoms with Crippen molar-refractivity contribution in [2.24, 2.45) is 0 Å². The number of anilines is 2. The first-order valence-electron chi connectivity index (χ1n) is 5.79. The third-order valence-electron chi connectivity index (χ3n) is 2.79. The molecular formula is C15H15N3. The molecule has 0 radical (unpaired) electrons. The fraction of sp³-hybridized carbons (Fsp3) is 0.200. The molecule has 0 saturated heterocycles. The van der Waals surface area contributed by atoms with Gasteiger partial charge in [-0.3, -0.25) is 0 Å².